The maximum absolute atomic E-state index is 5.90. The van der Waals surface area contributed by atoms with E-state index < -0.39 is 36.8 Å². The van der Waals surface area contributed by atoms with Gasteiger partial charge in [-0.3, -0.25) is 4.98 Å². The van der Waals surface area contributed by atoms with Crippen LogP contribution in [-0.2, 0) is 0 Å². The topological polar surface area (TPSA) is 104 Å². The van der Waals surface area contributed by atoms with Gasteiger partial charge in [-0.15, -0.1) is 0 Å². The van der Waals surface area contributed by atoms with Gasteiger partial charge in [-0.2, -0.15) is 0 Å². The third-order valence-corrected chi connectivity index (χ3v) is 36.8. The van der Waals surface area contributed by atoms with Crippen LogP contribution in [0.2, 0.25) is 36.7 Å². The molecule has 0 saturated carbocycles. The van der Waals surface area contributed by atoms with Gasteiger partial charge in [0.2, 0.25) is 0 Å². The molecule has 2 aromatic rings. The van der Waals surface area contributed by atoms with E-state index in [0.29, 0.717) is 16.8 Å². The second kappa shape index (κ2) is 25.9. The number of halogens is 1. The molecule has 2 rings (SSSR count). The molecule has 42 heavy (non-hydrogen) atoms. The van der Waals surface area contributed by atoms with Gasteiger partial charge < -0.3 is 5.73 Å². The summed E-state index contributed by atoms with van der Waals surface area (Å²) in [6.07, 6.45) is 23.2. The number of unbranched alkanes of at least 4 members (excludes halogenated alkanes) is 6. The van der Waals surface area contributed by atoms with Crippen LogP contribution < -0.4 is 15.2 Å². The van der Waals surface area contributed by atoms with Crippen molar-refractivity contribution in [3.05, 3.63) is 29.9 Å². The fourth-order valence-electron chi connectivity index (χ4n) is 5.48. The molecule has 242 valence electrons. The fourth-order valence-corrected chi connectivity index (χ4v) is 33.3. The Morgan fingerprint density at radius 2 is 0.905 bits per heavy atom. The molecular formula is C33H65ClN6Sn2. The van der Waals surface area contributed by atoms with Crippen LogP contribution in [0.5, 0.6) is 0 Å². The standard InChI is InChI=1S/C4H4ClN3.C4H4N3.6C4H9.CH3.2Sn/c5-3-1-7-2-4(6)8-3;5-4-3-6-1-2-7-4;6*1-3-4-2;;;/h1-2H,(H2,6,8);1,3H,(H2,5,7);6*1,3-4H2,2H3;1H3;;. The number of nitrogens with zero attached hydrogens (tertiary/aromatic N) is 4. The van der Waals surface area contributed by atoms with Gasteiger partial charge in [0, 0.05) is 0 Å². The summed E-state index contributed by atoms with van der Waals surface area (Å²) < 4.78 is 10.6. The van der Waals surface area contributed by atoms with E-state index in [1.807, 2.05) is 6.20 Å². The summed E-state index contributed by atoms with van der Waals surface area (Å²) >= 11 is 1.44. The van der Waals surface area contributed by atoms with Crippen LogP contribution in [0.25, 0.3) is 0 Å². The smallest absolute Gasteiger partial charge is 0.149 e. The Hall–Kier alpha value is -0.353. The molecule has 0 saturated heterocycles. The third-order valence-electron chi connectivity index (χ3n) is 8.25. The molecule has 0 aliphatic rings. The van der Waals surface area contributed by atoms with Gasteiger partial charge in [-0.1, -0.05) is 11.6 Å². The zero-order valence-corrected chi connectivity index (χ0v) is 34.8. The monoisotopic (exact) mass is 820 g/mol. The molecule has 0 aromatic carbocycles. The zero-order chi connectivity index (χ0) is 31.7. The minimum atomic E-state index is -2.39. The van der Waals surface area contributed by atoms with Gasteiger partial charge in [0.15, 0.2) is 0 Å². The Morgan fingerprint density at radius 3 is 1.21 bits per heavy atom. The molecule has 2 aromatic heterocycles. The van der Waals surface area contributed by atoms with Gasteiger partial charge in [-0.05, 0) is 0 Å². The molecule has 0 aliphatic heterocycles. The molecule has 4 N–H and O–H groups in total. The molecule has 0 spiro atoms. The van der Waals surface area contributed by atoms with Crippen LogP contribution in [0.4, 0.5) is 11.6 Å². The molecule has 0 amide bonds. The van der Waals surface area contributed by atoms with Crippen LogP contribution in [-0.4, -0.2) is 56.7 Å². The number of hydrogen-bond acceptors (Lipinski definition) is 6. The second-order valence-corrected chi connectivity index (χ2v) is 40.4. The molecule has 0 bridgehead atoms. The summed E-state index contributed by atoms with van der Waals surface area (Å²) in [6.45, 7) is 13.9. The summed E-state index contributed by atoms with van der Waals surface area (Å²) in [6, 6.07) is 0. The first-order chi connectivity index (χ1) is 20.2. The van der Waals surface area contributed by atoms with Crippen LogP contribution in [0, 0.1) is 0 Å². The van der Waals surface area contributed by atoms with E-state index in [9.17, 15) is 0 Å². The SMILES string of the molecule is CCC[CH2][Sn]([CH2]CCC)([CH2]CCC)[c]1cncc(N)n1.CCC[CH2][Sn]([CH3])([CH2]CCC)[CH2]CCC.Nc1cncc(Cl)n1. The van der Waals surface area contributed by atoms with Crippen molar-refractivity contribution >= 4 is 63.7 Å². The summed E-state index contributed by atoms with van der Waals surface area (Å²) in [4.78, 5) is 19.1. The van der Waals surface area contributed by atoms with E-state index in [-0.39, 0.29) is 0 Å². The second-order valence-electron chi connectivity index (χ2n) is 12.3. The Bertz CT molecular complexity index is 857. The molecule has 9 heteroatoms. The van der Waals surface area contributed by atoms with Crippen LogP contribution >= 0.6 is 11.6 Å². The fraction of sp³-hybridized carbons (Fsp3) is 0.758. The maximum atomic E-state index is 5.90. The van der Waals surface area contributed by atoms with Crippen molar-refractivity contribution < 1.29 is 0 Å². The first-order valence-electron chi connectivity index (χ1n) is 17.0. The van der Waals surface area contributed by atoms with Crippen molar-refractivity contribution in [1.82, 2.24) is 19.9 Å². The predicted molar refractivity (Wildman–Crippen MR) is 193 cm³/mol. The first-order valence-corrected chi connectivity index (χ1v) is 33.7. The van der Waals surface area contributed by atoms with E-state index in [1.165, 1.54) is 106 Å². The quantitative estimate of drug-likeness (QED) is 0.137. The number of nitrogen functional groups attached to an aromatic ring is 2. The molecule has 0 unspecified atom stereocenters. The van der Waals surface area contributed by atoms with Gasteiger partial charge in [0.1, 0.15) is 11.0 Å². The van der Waals surface area contributed by atoms with Crippen molar-refractivity contribution in [1.29, 1.82) is 0 Å². The average Bonchev–Trinajstić information content (AvgIpc) is 2.98. The van der Waals surface area contributed by atoms with E-state index in [1.54, 1.807) is 19.5 Å². The van der Waals surface area contributed by atoms with Crippen molar-refractivity contribution in [2.24, 2.45) is 0 Å². The largest absolute Gasteiger partial charge is 0.382 e. The number of hydrogen-bond donors (Lipinski definition) is 2. The van der Waals surface area contributed by atoms with E-state index in [0.717, 1.165) is 0 Å². The summed E-state index contributed by atoms with van der Waals surface area (Å²) in [5.74, 6) is 0.950. The summed E-state index contributed by atoms with van der Waals surface area (Å²) in [5.41, 5.74) is 11.1. The van der Waals surface area contributed by atoms with Crippen molar-refractivity contribution in [2.45, 2.75) is 150 Å². The average molecular weight is 819 g/mol. The minimum absolute atomic E-state index is 0.324. The predicted octanol–water partition coefficient (Wildman–Crippen LogP) is 10.3. The molecule has 0 fully saturated rings. The Labute approximate surface area is 273 Å². The maximum Gasteiger partial charge on any atom is 0.149 e. The van der Waals surface area contributed by atoms with Crippen molar-refractivity contribution in [3.8, 4) is 0 Å². The van der Waals surface area contributed by atoms with Gasteiger partial charge in [0.25, 0.3) is 0 Å². The van der Waals surface area contributed by atoms with Gasteiger partial charge in [-0.25, -0.2) is 4.98 Å². The van der Waals surface area contributed by atoms with Gasteiger partial charge in [0.05, 0.1) is 12.4 Å². The first kappa shape index (κ1) is 41.6. The van der Waals surface area contributed by atoms with E-state index in [2.05, 4.69) is 61.4 Å². The van der Waals surface area contributed by atoms with E-state index >= 15 is 0 Å². The third kappa shape index (κ3) is 19.1. The summed E-state index contributed by atoms with van der Waals surface area (Å²) in [5, 5.41) is 0.324. The number of rotatable bonds is 19. The normalized spacial score (nSPS) is 11.3. The minimum Gasteiger partial charge on any atom is -0.382 e. The zero-order valence-electron chi connectivity index (χ0n) is 28.4. The van der Waals surface area contributed by atoms with Crippen LogP contribution in [0.3, 0.4) is 0 Å². The summed E-state index contributed by atoms with van der Waals surface area (Å²) in [7, 11) is 0. The Kier molecular flexibility index (Phi) is 25.7. The molecule has 2 heterocycles. The number of aromatic nitrogens is 4. The molecular weight excluding hydrogens is 753 g/mol. The number of nitrogens with two attached hydrogens (primary N) is 2. The number of anilines is 2. The van der Waals surface area contributed by atoms with Gasteiger partial charge >= 0.3 is 225 Å². The molecule has 0 aliphatic carbocycles. The van der Waals surface area contributed by atoms with Crippen molar-refractivity contribution in [3.63, 3.8) is 0 Å². The Balaban J connectivity index is 0.000000660. The van der Waals surface area contributed by atoms with Crippen molar-refractivity contribution in [2.75, 3.05) is 11.5 Å². The van der Waals surface area contributed by atoms with E-state index in [4.69, 9.17) is 28.1 Å². The molecule has 6 nitrogen and oxygen atoms in total. The van der Waals surface area contributed by atoms with Crippen LogP contribution in [0.1, 0.15) is 119 Å². The van der Waals surface area contributed by atoms with Crippen LogP contribution in [0.15, 0.2) is 24.8 Å². The molecule has 0 atom stereocenters. The molecule has 0 radical (unpaired) electrons. The Morgan fingerprint density at radius 1 is 0.548 bits per heavy atom.